The Kier molecular flexibility index (Phi) is 3.85. The SMILES string of the molecule is Cc1oc(Cn2cc([N+](=O)[O-])ccc2=O)cc1C(=O)NN. The Morgan fingerprint density at radius 3 is 2.86 bits per heavy atom. The summed E-state index contributed by atoms with van der Waals surface area (Å²) in [4.78, 5) is 33.2. The van der Waals surface area contributed by atoms with E-state index in [2.05, 4.69) is 0 Å². The second kappa shape index (κ2) is 5.59. The molecule has 2 rings (SSSR count). The van der Waals surface area contributed by atoms with Crippen LogP contribution in [0.4, 0.5) is 5.69 Å². The van der Waals surface area contributed by atoms with Crippen LogP contribution in [-0.2, 0) is 6.54 Å². The number of hydrogen-bond acceptors (Lipinski definition) is 6. The molecule has 0 spiro atoms. The molecule has 0 fully saturated rings. The lowest BCUT2D eigenvalue weighted by Gasteiger charge is -2.02. The lowest BCUT2D eigenvalue weighted by molar-refractivity contribution is -0.385. The third-order valence-electron chi connectivity index (χ3n) is 2.85. The molecule has 2 aromatic heterocycles. The van der Waals surface area contributed by atoms with E-state index in [1.807, 2.05) is 5.43 Å². The molecule has 3 N–H and O–H groups in total. The summed E-state index contributed by atoms with van der Waals surface area (Å²) in [5, 5.41) is 10.7. The first-order valence-corrected chi connectivity index (χ1v) is 5.87. The molecule has 1 amide bonds. The molecular weight excluding hydrogens is 280 g/mol. The molecule has 0 aliphatic heterocycles. The molecule has 21 heavy (non-hydrogen) atoms. The van der Waals surface area contributed by atoms with E-state index >= 15 is 0 Å². The lowest BCUT2D eigenvalue weighted by atomic mass is 10.2. The first-order chi connectivity index (χ1) is 9.92. The van der Waals surface area contributed by atoms with Gasteiger partial charge in [-0.1, -0.05) is 0 Å². The molecule has 0 aromatic carbocycles. The number of carbonyl (C=O) groups is 1. The average molecular weight is 292 g/mol. The summed E-state index contributed by atoms with van der Waals surface area (Å²) < 4.78 is 6.48. The number of nitrogen functional groups attached to an aromatic ring is 1. The molecule has 0 bridgehead atoms. The maximum Gasteiger partial charge on any atom is 0.285 e. The van der Waals surface area contributed by atoms with Crippen LogP contribution in [0.3, 0.4) is 0 Å². The monoisotopic (exact) mass is 292 g/mol. The molecule has 0 saturated heterocycles. The van der Waals surface area contributed by atoms with Gasteiger partial charge in [0.2, 0.25) is 0 Å². The smallest absolute Gasteiger partial charge is 0.285 e. The molecule has 0 aliphatic rings. The second-order valence-electron chi connectivity index (χ2n) is 4.27. The predicted molar refractivity (Wildman–Crippen MR) is 71.6 cm³/mol. The number of furan rings is 1. The van der Waals surface area contributed by atoms with E-state index < -0.39 is 16.4 Å². The first-order valence-electron chi connectivity index (χ1n) is 5.87. The molecule has 2 heterocycles. The van der Waals surface area contributed by atoms with E-state index in [1.165, 1.54) is 6.07 Å². The largest absolute Gasteiger partial charge is 0.464 e. The number of rotatable bonds is 4. The highest BCUT2D eigenvalue weighted by Crippen LogP contribution is 2.16. The van der Waals surface area contributed by atoms with Crippen molar-refractivity contribution in [1.29, 1.82) is 0 Å². The van der Waals surface area contributed by atoms with Gasteiger partial charge in [-0.15, -0.1) is 0 Å². The van der Waals surface area contributed by atoms with E-state index in [4.69, 9.17) is 10.3 Å². The van der Waals surface area contributed by atoms with Crippen LogP contribution in [0.25, 0.3) is 0 Å². The number of aromatic nitrogens is 1. The molecule has 2 aromatic rings. The number of amides is 1. The van der Waals surface area contributed by atoms with Gasteiger partial charge in [0.25, 0.3) is 17.2 Å². The Morgan fingerprint density at radius 2 is 2.24 bits per heavy atom. The van der Waals surface area contributed by atoms with Gasteiger partial charge in [-0.2, -0.15) is 0 Å². The van der Waals surface area contributed by atoms with Gasteiger partial charge in [-0.3, -0.25) is 25.1 Å². The fourth-order valence-corrected chi connectivity index (χ4v) is 1.84. The third-order valence-corrected chi connectivity index (χ3v) is 2.85. The summed E-state index contributed by atoms with van der Waals surface area (Å²) in [5.41, 5.74) is 1.59. The first kappa shape index (κ1) is 14.5. The van der Waals surface area contributed by atoms with Gasteiger partial charge < -0.3 is 8.98 Å². The third kappa shape index (κ3) is 2.98. The summed E-state index contributed by atoms with van der Waals surface area (Å²) in [6.45, 7) is 1.55. The van der Waals surface area contributed by atoms with Crippen molar-refractivity contribution >= 4 is 11.6 Å². The van der Waals surface area contributed by atoms with Crippen molar-refractivity contribution in [3.8, 4) is 0 Å². The van der Waals surface area contributed by atoms with Gasteiger partial charge in [0.05, 0.1) is 23.2 Å². The van der Waals surface area contributed by atoms with Crippen LogP contribution >= 0.6 is 0 Å². The second-order valence-corrected chi connectivity index (χ2v) is 4.27. The number of carbonyl (C=O) groups excluding carboxylic acids is 1. The number of hydrazine groups is 1. The number of aryl methyl sites for hydroxylation is 1. The fourth-order valence-electron chi connectivity index (χ4n) is 1.84. The zero-order chi connectivity index (χ0) is 15.6. The van der Waals surface area contributed by atoms with Crippen LogP contribution in [0.5, 0.6) is 0 Å². The number of nitrogens with two attached hydrogens (primary N) is 1. The van der Waals surface area contributed by atoms with Crippen LogP contribution in [0.2, 0.25) is 0 Å². The summed E-state index contributed by atoms with van der Waals surface area (Å²) in [6, 6.07) is 3.66. The highest BCUT2D eigenvalue weighted by molar-refractivity contribution is 5.94. The highest BCUT2D eigenvalue weighted by Gasteiger charge is 2.15. The van der Waals surface area contributed by atoms with Crippen molar-refractivity contribution in [1.82, 2.24) is 9.99 Å². The summed E-state index contributed by atoms with van der Waals surface area (Å²) in [5.74, 6) is 5.17. The van der Waals surface area contributed by atoms with E-state index in [0.717, 1.165) is 22.9 Å². The van der Waals surface area contributed by atoms with E-state index in [1.54, 1.807) is 6.92 Å². The highest BCUT2D eigenvalue weighted by atomic mass is 16.6. The van der Waals surface area contributed by atoms with Crippen molar-refractivity contribution in [3.05, 3.63) is 61.9 Å². The normalized spacial score (nSPS) is 10.4. The lowest BCUT2D eigenvalue weighted by Crippen LogP contribution is -2.30. The average Bonchev–Trinajstić information content (AvgIpc) is 2.81. The Hall–Kier alpha value is -2.94. The fraction of sp³-hybridized carbons (Fsp3) is 0.167. The minimum Gasteiger partial charge on any atom is -0.464 e. The number of hydrogen-bond donors (Lipinski definition) is 2. The van der Waals surface area contributed by atoms with E-state index in [-0.39, 0.29) is 17.8 Å². The predicted octanol–water partition coefficient (Wildman–Crippen LogP) is 0.310. The van der Waals surface area contributed by atoms with Crippen LogP contribution in [0.1, 0.15) is 21.9 Å². The van der Waals surface area contributed by atoms with Crippen LogP contribution in [0, 0.1) is 17.0 Å². The van der Waals surface area contributed by atoms with Crippen molar-refractivity contribution in [2.75, 3.05) is 0 Å². The molecular formula is C12H12N4O5. The van der Waals surface area contributed by atoms with Crippen molar-refractivity contribution in [3.63, 3.8) is 0 Å². The molecule has 0 unspecified atom stereocenters. The van der Waals surface area contributed by atoms with Crippen molar-refractivity contribution < 1.29 is 14.1 Å². The maximum absolute atomic E-state index is 11.7. The van der Waals surface area contributed by atoms with Crippen LogP contribution in [0.15, 0.2) is 33.6 Å². The van der Waals surface area contributed by atoms with E-state index in [9.17, 15) is 19.7 Å². The molecule has 110 valence electrons. The molecule has 0 atom stereocenters. The Morgan fingerprint density at radius 1 is 1.52 bits per heavy atom. The standard InChI is InChI=1S/C12H12N4O5/c1-7-10(12(18)14-13)4-9(21-7)6-15-5-8(16(19)20)2-3-11(15)17/h2-5H,6,13H2,1H3,(H,14,18). The number of nitro groups is 1. The zero-order valence-corrected chi connectivity index (χ0v) is 11.0. The molecule has 0 saturated carbocycles. The van der Waals surface area contributed by atoms with Gasteiger partial charge in [0, 0.05) is 12.1 Å². The van der Waals surface area contributed by atoms with Crippen molar-refractivity contribution in [2.45, 2.75) is 13.5 Å². The van der Waals surface area contributed by atoms with Gasteiger partial charge in [0.15, 0.2) is 0 Å². The van der Waals surface area contributed by atoms with Gasteiger partial charge >= 0.3 is 0 Å². The minimum atomic E-state index is -0.601. The van der Waals surface area contributed by atoms with Gasteiger partial charge in [-0.25, -0.2) is 5.84 Å². The summed E-state index contributed by atoms with van der Waals surface area (Å²) >= 11 is 0. The van der Waals surface area contributed by atoms with Gasteiger partial charge in [0.1, 0.15) is 11.5 Å². The quantitative estimate of drug-likeness (QED) is 0.360. The van der Waals surface area contributed by atoms with Gasteiger partial charge in [-0.05, 0) is 13.0 Å². The van der Waals surface area contributed by atoms with Crippen LogP contribution < -0.4 is 16.8 Å². The number of nitrogens with one attached hydrogen (secondary N) is 1. The minimum absolute atomic E-state index is 0.0286. The maximum atomic E-state index is 11.7. The Balaban J connectivity index is 2.34. The van der Waals surface area contributed by atoms with E-state index in [0.29, 0.717) is 11.5 Å². The number of nitrogens with zero attached hydrogens (tertiary/aromatic N) is 2. The number of pyridine rings is 1. The zero-order valence-electron chi connectivity index (χ0n) is 11.0. The molecule has 0 radical (unpaired) electrons. The molecule has 0 aliphatic carbocycles. The Labute approximate surface area is 118 Å². The summed E-state index contributed by atoms with van der Waals surface area (Å²) in [6.07, 6.45) is 1.11. The molecule has 9 heteroatoms. The topological polar surface area (TPSA) is 133 Å². The van der Waals surface area contributed by atoms with Crippen LogP contribution in [-0.4, -0.2) is 15.4 Å². The molecule has 9 nitrogen and oxygen atoms in total. The van der Waals surface area contributed by atoms with Crippen molar-refractivity contribution in [2.24, 2.45) is 5.84 Å². The summed E-state index contributed by atoms with van der Waals surface area (Å²) in [7, 11) is 0. The Bertz CT molecular complexity index is 761.